The molecule has 10 heteroatoms. The molecular weight excluding hydrogens is 453 g/mol. The van der Waals surface area contributed by atoms with Gasteiger partial charge in [0.15, 0.2) is 5.17 Å². The number of fused-ring (bicyclic) bond motifs is 4. The number of ether oxygens (including phenoxy) is 1. The van der Waals surface area contributed by atoms with E-state index in [-0.39, 0.29) is 23.8 Å². The Morgan fingerprint density at radius 2 is 2.09 bits per heavy atom. The third kappa shape index (κ3) is 3.94. The van der Waals surface area contributed by atoms with Crippen molar-refractivity contribution in [2.45, 2.75) is 50.0 Å². The SMILES string of the molecule is Cc1ccc2c(c1)C1(CSC(N)=N1)C1CC(NC(=O)c3ccc(C(F)(F)F)cn3)CCC1O2. The van der Waals surface area contributed by atoms with E-state index < -0.39 is 23.2 Å². The van der Waals surface area contributed by atoms with Gasteiger partial charge in [-0.15, -0.1) is 0 Å². The second kappa shape index (κ2) is 7.93. The summed E-state index contributed by atoms with van der Waals surface area (Å²) in [4.78, 5) is 21.3. The molecule has 3 aliphatic rings. The van der Waals surface area contributed by atoms with Gasteiger partial charge in [-0.3, -0.25) is 9.78 Å². The number of alkyl halides is 3. The quantitative estimate of drug-likeness (QED) is 0.683. The Morgan fingerprint density at radius 1 is 1.27 bits per heavy atom. The lowest BCUT2D eigenvalue weighted by Gasteiger charge is -2.48. The van der Waals surface area contributed by atoms with Gasteiger partial charge in [0.2, 0.25) is 0 Å². The van der Waals surface area contributed by atoms with E-state index in [0.717, 1.165) is 35.4 Å². The number of rotatable bonds is 2. The van der Waals surface area contributed by atoms with Crippen molar-refractivity contribution in [2.24, 2.45) is 16.6 Å². The number of nitrogens with two attached hydrogens (primary N) is 1. The van der Waals surface area contributed by atoms with Gasteiger partial charge in [0.05, 0.1) is 5.56 Å². The Kier molecular flexibility index (Phi) is 5.30. The average molecular weight is 477 g/mol. The van der Waals surface area contributed by atoms with Crippen LogP contribution in [0, 0.1) is 12.8 Å². The number of aliphatic imine (C=N–C) groups is 1. The molecule has 1 saturated carbocycles. The third-order valence-corrected chi connectivity index (χ3v) is 7.66. The number of pyridine rings is 1. The van der Waals surface area contributed by atoms with Crippen molar-refractivity contribution in [1.29, 1.82) is 0 Å². The molecule has 1 amide bonds. The summed E-state index contributed by atoms with van der Waals surface area (Å²) in [6.07, 6.45) is -1.81. The zero-order valence-electron chi connectivity index (χ0n) is 17.9. The van der Waals surface area contributed by atoms with Crippen LogP contribution in [0.2, 0.25) is 0 Å². The lowest BCUT2D eigenvalue weighted by Crippen LogP contribution is -2.54. The Labute approximate surface area is 193 Å². The molecule has 1 aromatic carbocycles. The maximum Gasteiger partial charge on any atom is 0.417 e. The van der Waals surface area contributed by atoms with Crippen LogP contribution in [0.5, 0.6) is 5.75 Å². The zero-order valence-corrected chi connectivity index (χ0v) is 18.7. The number of aryl methyl sites for hydroxylation is 1. The van der Waals surface area contributed by atoms with Crippen molar-refractivity contribution in [3.8, 4) is 5.75 Å². The fourth-order valence-corrected chi connectivity index (χ4v) is 6.12. The second-order valence-corrected chi connectivity index (χ2v) is 9.83. The van der Waals surface area contributed by atoms with Gasteiger partial charge >= 0.3 is 6.18 Å². The summed E-state index contributed by atoms with van der Waals surface area (Å²) in [7, 11) is 0. The van der Waals surface area contributed by atoms with Crippen LogP contribution in [-0.2, 0) is 11.7 Å². The molecular formula is C23H23F3N4O2S. The number of thioether (sulfide) groups is 1. The van der Waals surface area contributed by atoms with Crippen LogP contribution in [0.4, 0.5) is 13.2 Å². The number of nitrogens with zero attached hydrogens (tertiary/aromatic N) is 2. The molecule has 2 aliphatic heterocycles. The normalized spacial score (nSPS) is 28.5. The van der Waals surface area contributed by atoms with Crippen LogP contribution >= 0.6 is 11.8 Å². The van der Waals surface area contributed by atoms with Crippen LogP contribution in [-0.4, -0.2) is 34.0 Å². The van der Waals surface area contributed by atoms with Gasteiger partial charge in [-0.25, -0.2) is 4.99 Å². The highest BCUT2D eigenvalue weighted by Gasteiger charge is 2.54. The second-order valence-electron chi connectivity index (χ2n) is 8.84. The van der Waals surface area contributed by atoms with Crippen LogP contribution in [0.1, 0.15) is 46.4 Å². The van der Waals surface area contributed by atoms with E-state index in [2.05, 4.69) is 16.4 Å². The smallest absolute Gasteiger partial charge is 0.417 e. The van der Waals surface area contributed by atoms with Crippen molar-refractivity contribution >= 4 is 22.8 Å². The number of carbonyl (C=O) groups excluding carboxylic acids is 1. The molecule has 6 nitrogen and oxygen atoms in total. The van der Waals surface area contributed by atoms with Crippen molar-refractivity contribution in [3.63, 3.8) is 0 Å². The molecule has 5 rings (SSSR count). The fourth-order valence-electron chi connectivity index (χ4n) is 5.09. The summed E-state index contributed by atoms with van der Waals surface area (Å²) in [5.74, 6) is 1.07. The first-order valence-electron chi connectivity index (χ1n) is 10.8. The van der Waals surface area contributed by atoms with Crippen molar-refractivity contribution in [1.82, 2.24) is 10.3 Å². The summed E-state index contributed by atoms with van der Waals surface area (Å²) < 4.78 is 44.7. The molecule has 1 fully saturated rings. The molecule has 2 aromatic rings. The molecule has 3 heterocycles. The Hall–Kier alpha value is -2.75. The highest BCUT2D eigenvalue weighted by atomic mass is 32.2. The molecule has 174 valence electrons. The molecule has 0 radical (unpaired) electrons. The van der Waals surface area contributed by atoms with Crippen molar-refractivity contribution in [2.75, 3.05) is 5.75 Å². The molecule has 1 aromatic heterocycles. The van der Waals surface area contributed by atoms with E-state index in [1.165, 1.54) is 11.8 Å². The minimum absolute atomic E-state index is 0.0139. The summed E-state index contributed by atoms with van der Waals surface area (Å²) in [6.45, 7) is 2.02. The van der Waals surface area contributed by atoms with Gasteiger partial charge in [-0.05, 0) is 50.5 Å². The zero-order chi connectivity index (χ0) is 23.4. The Balaban J connectivity index is 1.38. The number of hydrogen-bond donors (Lipinski definition) is 2. The largest absolute Gasteiger partial charge is 0.490 e. The molecule has 1 spiro atoms. The summed E-state index contributed by atoms with van der Waals surface area (Å²) in [6, 6.07) is 7.91. The standard InChI is InChI=1S/C23H23F3N4O2S/c1-12-2-6-18-15(8-12)22(11-33-21(27)30-22)16-9-14(4-7-19(16)32-18)29-20(31)17-5-3-13(10-28-17)23(24,25)26/h2-3,5-6,8,10,14,16,19H,4,7,9,11H2,1H3,(H2,27,30)(H,29,31). The predicted octanol–water partition coefficient (Wildman–Crippen LogP) is 4.03. The first-order chi connectivity index (χ1) is 15.7. The van der Waals surface area contributed by atoms with E-state index in [4.69, 9.17) is 15.5 Å². The number of hydrogen-bond acceptors (Lipinski definition) is 6. The number of halogens is 3. The summed E-state index contributed by atoms with van der Waals surface area (Å²) in [5.41, 5.74) is 6.79. The van der Waals surface area contributed by atoms with Gasteiger partial charge in [0.1, 0.15) is 23.1 Å². The molecule has 1 aliphatic carbocycles. The predicted molar refractivity (Wildman–Crippen MR) is 119 cm³/mol. The van der Waals surface area contributed by atoms with Crippen molar-refractivity contribution in [3.05, 3.63) is 58.9 Å². The van der Waals surface area contributed by atoms with Crippen LogP contribution in [0.15, 0.2) is 41.5 Å². The number of benzene rings is 1. The average Bonchev–Trinajstić information content (AvgIpc) is 3.17. The van der Waals surface area contributed by atoms with Crippen LogP contribution in [0.3, 0.4) is 0 Å². The molecule has 0 saturated heterocycles. The van der Waals surface area contributed by atoms with Gasteiger partial charge in [0.25, 0.3) is 5.91 Å². The summed E-state index contributed by atoms with van der Waals surface area (Å²) in [5, 5.41) is 3.50. The number of amidine groups is 1. The lowest BCUT2D eigenvalue weighted by atomic mass is 9.67. The molecule has 33 heavy (non-hydrogen) atoms. The number of amides is 1. The number of nitrogens with one attached hydrogen (secondary N) is 1. The van der Waals surface area contributed by atoms with Gasteiger partial charge in [-0.1, -0.05) is 23.4 Å². The van der Waals surface area contributed by atoms with Gasteiger partial charge < -0.3 is 15.8 Å². The van der Waals surface area contributed by atoms with E-state index in [1.807, 2.05) is 19.1 Å². The fraction of sp³-hybridized carbons (Fsp3) is 0.435. The Bertz CT molecular complexity index is 1120. The molecule has 3 N–H and O–H groups in total. The van der Waals surface area contributed by atoms with E-state index in [1.54, 1.807) is 0 Å². The first kappa shape index (κ1) is 22.1. The Morgan fingerprint density at radius 3 is 2.76 bits per heavy atom. The maximum absolute atomic E-state index is 12.8. The van der Waals surface area contributed by atoms with Crippen LogP contribution in [0.25, 0.3) is 0 Å². The molecule has 4 unspecified atom stereocenters. The maximum atomic E-state index is 12.8. The minimum Gasteiger partial charge on any atom is -0.490 e. The van der Waals surface area contributed by atoms with E-state index in [0.29, 0.717) is 30.0 Å². The highest BCUT2D eigenvalue weighted by molar-refractivity contribution is 8.14. The molecule has 0 bridgehead atoms. The number of carbonyl (C=O) groups is 1. The summed E-state index contributed by atoms with van der Waals surface area (Å²) >= 11 is 1.53. The van der Waals surface area contributed by atoms with Gasteiger partial charge in [-0.2, -0.15) is 13.2 Å². The lowest BCUT2D eigenvalue weighted by molar-refractivity contribution is -0.137. The minimum atomic E-state index is -4.49. The third-order valence-electron chi connectivity index (χ3n) is 6.69. The van der Waals surface area contributed by atoms with Crippen molar-refractivity contribution < 1.29 is 22.7 Å². The van der Waals surface area contributed by atoms with Crippen LogP contribution < -0.4 is 15.8 Å². The van der Waals surface area contributed by atoms with E-state index >= 15 is 0 Å². The monoisotopic (exact) mass is 476 g/mol. The van der Waals surface area contributed by atoms with E-state index in [9.17, 15) is 18.0 Å². The molecule has 4 atom stereocenters. The highest BCUT2D eigenvalue weighted by Crippen LogP contribution is 2.54. The first-order valence-corrected chi connectivity index (χ1v) is 11.7. The topological polar surface area (TPSA) is 89.6 Å². The van der Waals surface area contributed by atoms with Gasteiger partial charge in [0, 0.05) is 29.5 Å². The number of aromatic nitrogens is 1.